The summed E-state index contributed by atoms with van der Waals surface area (Å²) >= 11 is 5.90. The first-order valence-corrected chi connectivity index (χ1v) is 7.25. The molecule has 0 fully saturated rings. The molecule has 2 aromatic heterocycles. The number of pyridine rings is 1. The summed E-state index contributed by atoms with van der Waals surface area (Å²) < 4.78 is 2.12. The summed E-state index contributed by atoms with van der Waals surface area (Å²) in [6.45, 7) is 6.35. The number of aryl methyl sites for hydroxylation is 3. The van der Waals surface area contributed by atoms with Crippen LogP contribution in [0, 0.1) is 20.8 Å². The molecule has 0 aliphatic carbocycles. The van der Waals surface area contributed by atoms with Crippen LogP contribution in [-0.2, 0) is 5.88 Å². The van der Waals surface area contributed by atoms with Crippen LogP contribution in [-0.4, -0.2) is 9.38 Å². The number of nitrogens with zero attached hydrogens (tertiary/aromatic N) is 2. The van der Waals surface area contributed by atoms with Gasteiger partial charge in [0.05, 0.1) is 5.69 Å². The molecule has 0 N–H and O–H groups in total. The number of benzene rings is 1. The normalized spacial score (nSPS) is 11.2. The fourth-order valence-electron chi connectivity index (χ4n) is 2.63. The molecule has 0 aliphatic heterocycles. The SMILES string of the molecule is Cc1ccc(-c2nc3cc(CCl)ccn3c2C)c(C)c1. The van der Waals surface area contributed by atoms with Gasteiger partial charge in [-0.2, -0.15) is 0 Å². The molecule has 0 saturated heterocycles. The van der Waals surface area contributed by atoms with Gasteiger partial charge in [0.2, 0.25) is 0 Å². The van der Waals surface area contributed by atoms with Crippen LogP contribution in [0.2, 0.25) is 0 Å². The second-order valence-electron chi connectivity index (χ2n) is 5.26. The Morgan fingerprint density at radius 1 is 1.10 bits per heavy atom. The molecule has 0 aliphatic rings. The average molecular weight is 285 g/mol. The smallest absolute Gasteiger partial charge is 0.137 e. The average Bonchev–Trinajstić information content (AvgIpc) is 2.75. The molecular weight excluding hydrogens is 268 g/mol. The van der Waals surface area contributed by atoms with E-state index in [0.29, 0.717) is 5.88 Å². The molecule has 3 aromatic rings. The second kappa shape index (κ2) is 4.95. The summed E-state index contributed by atoms with van der Waals surface area (Å²) in [5.74, 6) is 0.515. The molecule has 20 heavy (non-hydrogen) atoms. The Morgan fingerprint density at radius 3 is 2.60 bits per heavy atom. The number of imidazole rings is 1. The summed E-state index contributed by atoms with van der Waals surface area (Å²) in [6, 6.07) is 10.6. The van der Waals surface area contributed by atoms with Crippen molar-refractivity contribution < 1.29 is 0 Å². The molecule has 0 amide bonds. The van der Waals surface area contributed by atoms with Gasteiger partial charge in [-0.15, -0.1) is 11.6 Å². The van der Waals surface area contributed by atoms with Gasteiger partial charge >= 0.3 is 0 Å². The van der Waals surface area contributed by atoms with Crippen LogP contribution < -0.4 is 0 Å². The van der Waals surface area contributed by atoms with Crippen molar-refractivity contribution in [3.63, 3.8) is 0 Å². The van der Waals surface area contributed by atoms with Gasteiger partial charge in [0.15, 0.2) is 0 Å². The minimum absolute atomic E-state index is 0.515. The largest absolute Gasteiger partial charge is 0.304 e. The lowest BCUT2D eigenvalue weighted by molar-refractivity contribution is 1.10. The fraction of sp³-hybridized carbons (Fsp3) is 0.235. The molecule has 0 unspecified atom stereocenters. The van der Waals surface area contributed by atoms with Gasteiger partial charge in [0, 0.05) is 23.3 Å². The van der Waals surface area contributed by atoms with Crippen LogP contribution in [0.1, 0.15) is 22.4 Å². The van der Waals surface area contributed by atoms with Gasteiger partial charge in [0.25, 0.3) is 0 Å². The minimum Gasteiger partial charge on any atom is -0.304 e. The molecule has 102 valence electrons. The first kappa shape index (κ1) is 13.2. The van der Waals surface area contributed by atoms with Crippen molar-refractivity contribution in [1.29, 1.82) is 0 Å². The van der Waals surface area contributed by atoms with Gasteiger partial charge in [-0.3, -0.25) is 0 Å². The molecule has 0 saturated carbocycles. The third kappa shape index (κ3) is 2.10. The number of hydrogen-bond donors (Lipinski definition) is 0. The molecule has 3 heteroatoms. The Kier molecular flexibility index (Phi) is 3.27. The van der Waals surface area contributed by atoms with Gasteiger partial charge in [-0.05, 0) is 44.0 Å². The number of rotatable bonds is 2. The Bertz CT molecular complexity index is 787. The summed E-state index contributed by atoms with van der Waals surface area (Å²) in [6.07, 6.45) is 2.04. The Hall–Kier alpha value is -1.80. The van der Waals surface area contributed by atoms with Crippen LogP contribution >= 0.6 is 11.6 Å². The van der Waals surface area contributed by atoms with Crippen LogP contribution in [0.15, 0.2) is 36.5 Å². The molecular formula is C17H17ClN2. The van der Waals surface area contributed by atoms with Crippen molar-refractivity contribution in [1.82, 2.24) is 9.38 Å². The minimum atomic E-state index is 0.515. The standard InChI is InChI=1S/C17H17ClN2/c1-11-4-5-15(12(2)8-11)17-13(3)20-7-6-14(10-18)9-16(20)19-17/h4-9H,10H2,1-3H3. The third-order valence-corrected chi connectivity index (χ3v) is 4.03. The molecule has 0 atom stereocenters. The van der Waals surface area contributed by atoms with Crippen molar-refractivity contribution in [2.75, 3.05) is 0 Å². The summed E-state index contributed by atoms with van der Waals surface area (Å²) in [7, 11) is 0. The summed E-state index contributed by atoms with van der Waals surface area (Å²) in [5.41, 5.74) is 7.99. The van der Waals surface area contributed by atoms with E-state index < -0.39 is 0 Å². The van der Waals surface area contributed by atoms with Gasteiger partial charge in [-0.25, -0.2) is 4.98 Å². The predicted molar refractivity (Wildman–Crippen MR) is 84.4 cm³/mol. The van der Waals surface area contributed by atoms with Crippen molar-refractivity contribution >= 4 is 17.2 Å². The number of aromatic nitrogens is 2. The van der Waals surface area contributed by atoms with Crippen molar-refractivity contribution in [2.45, 2.75) is 26.7 Å². The van der Waals surface area contributed by atoms with E-state index in [1.807, 2.05) is 18.3 Å². The van der Waals surface area contributed by atoms with E-state index in [4.69, 9.17) is 16.6 Å². The zero-order valence-electron chi connectivity index (χ0n) is 11.9. The van der Waals surface area contributed by atoms with Crippen LogP contribution in [0.5, 0.6) is 0 Å². The Labute approximate surface area is 124 Å². The molecule has 2 nitrogen and oxygen atoms in total. The highest BCUT2D eigenvalue weighted by Crippen LogP contribution is 2.27. The highest BCUT2D eigenvalue weighted by molar-refractivity contribution is 6.17. The fourth-order valence-corrected chi connectivity index (χ4v) is 2.79. The first-order valence-electron chi connectivity index (χ1n) is 6.71. The molecule has 0 radical (unpaired) electrons. The summed E-state index contributed by atoms with van der Waals surface area (Å²) in [4.78, 5) is 4.79. The zero-order valence-corrected chi connectivity index (χ0v) is 12.7. The lowest BCUT2D eigenvalue weighted by Crippen LogP contribution is -1.90. The number of halogens is 1. The lowest BCUT2D eigenvalue weighted by atomic mass is 10.0. The van der Waals surface area contributed by atoms with Crippen LogP contribution in [0.3, 0.4) is 0 Å². The van der Waals surface area contributed by atoms with Crippen LogP contribution in [0.25, 0.3) is 16.9 Å². The lowest BCUT2D eigenvalue weighted by Gasteiger charge is -2.05. The monoisotopic (exact) mass is 284 g/mol. The zero-order chi connectivity index (χ0) is 14.3. The Morgan fingerprint density at radius 2 is 1.90 bits per heavy atom. The quantitative estimate of drug-likeness (QED) is 0.625. The van der Waals surface area contributed by atoms with E-state index in [-0.39, 0.29) is 0 Å². The topological polar surface area (TPSA) is 17.3 Å². The molecule has 2 heterocycles. The summed E-state index contributed by atoms with van der Waals surface area (Å²) in [5, 5.41) is 0. The van der Waals surface area contributed by atoms with Gasteiger partial charge < -0.3 is 4.40 Å². The Balaban J connectivity index is 2.23. The number of fused-ring (bicyclic) bond motifs is 1. The number of alkyl halides is 1. The first-order chi connectivity index (χ1) is 9.60. The third-order valence-electron chi connectivity index (χ3n) is 3.72. The maximum absolute atomic E-state index is 5.90. The molecule has 0 spiro atoms. The van der Waals surface area contributed by atoms with Gasteiger partial charge in [0.1, 0.15) is 5.65 Å². The van der Waals surface area contributed by atoms with E-state index in [1.165, 1.54) is 16.7 Å². The highest BCUT2D eigenvalue weighted by atomic mass is 35.5. The molecule has 0 bridgehead atoms. The molecule has 3 rings (SSSR count). The molecule has 1 aromatic carbocycles. The van der Waals surface area contributed by atoms with Crippen LogP contribution in [0.4, 0.5) is 0 Å². The van der Waals surface area contributed by atoms with E-state index >= 15 is 0 Å². The van der Waals surface area contributed by atoms with E-state index in [9.17, 15) is 0 Å². The predicted octanol–water partition coefficient (Wildman–Crippen LogP) is 4.67. The van der Waals surface area contributed by atoms with Crippen molar-refractivity contribution in [2.24, 2.45) is 0 Å². The second-order valence-corrected chi connectivity index (χ2v) is 5.53. The van der Waals surface area contributed by atoms with Crippen molar-refractivity contribution in [3.05, 3.63) is 58.9 Å². The van der Waals surface area contributed by atoms with E-state index in [2.05, 4.69) is 43.4 Å². The number of hydrogen-bond acceptors (Lipinski definition) is 1. The maximum atomic E-state index is 5.90. The highest BCUT2D eigenvalue weighted by Gasteiger charge is 2.12. The van der Waals surface area contributed by atoms with E-state index in [0.717, 1.165) is 22.6 Å². The van der Waals surface area contributed by atoms with E-state index in [1.54, 1.807) is 0 Å². The van der Waals surface area contributed by atoms with Gasteiger partial charge in [-0.1, -0.05) is 23.8 Å². The maximum Gasteiger partial charge on any atom is 0.137 e. The van der Waals surface area contributed by atoms with Crippen molar-refractivity contribution in [3.8, 4) is 11.3 Å².